The van der Waals surface area contributed by atoms with Crippen LogP contribution in [0.4, 0.5) is 0 Å². The maximum atomic E-state index is 11.6. The normalized spacial score (nSPS) is 12.1. The maximum absolute atomic E-state index is 11.6. The zero-order valence-corrected chi connectivity index (χ0v) is 15.9. The molecule has 0 aliphatic heterocycles. The van der Waals surface area contributed by atoms with Crippen LogP contribution in [0.3, 0.4) is 0 Å². The summed E-state index contributed by atoms with van der Waals surface area (Å²) in [4.78, 5) is 22.3. The molecular formula is C19H37NO4. The largest absolute Gasteiger partial charge is 0.381 e. The fourth-order valence-corrected chi connectivity index (χ4v) is 2.17. The molecule has 0 fully saturated rings. The summed E-state index contributed by atoms with van der Waals surface area (Å²) < 4.78 is 10.8. The minimum atomic E-state index is 0.0772. The first-order valence-electron chi connectivity index (χ1n) is 9.47. The lowest BCUT2D eigenvalue weighted by Gasteiger charge is -2.09. The van der Waals surface area contributed by atoms with E-state index in [1.807, 2.05) is 0 Å². The van der Waals surface area contributed by atoms with Gasteiger partial charge < -0.3 is 14.8 Å². The first kappa shape index (κ1) is 23.1. The Bertz CT molecular complexity index is 320. The number of carbonyl (C=O) groups excluding carboxylic acids is 2. The second-order valence-corrected chi connectivity index (χ2v) is 6.56. The molecule has 1 amide bonds. The lowest BCUT2D eigenvalue weighted by Crippen LogP contribution is -2.25. The molecule has 0 aliphatic rings. The Balaban J connectivity index is 3.15. The van der Waals surface area contributed by atoms with Gasteiger partial charge in [0.25, 0.3) is 0 Å². The van der Waals surface area contributed by atoms with E-state index >= 15 is 0 Å². The molecule has 5 heteroatoms. The van der Waals surface area contributed by atoms with Crippen LogP contribution in [0.1, 0.15) is 72.1 Å². The second kappa shape index (κ2) is 16.9. The summed E-state index contributed by atoms with van der Waals surface area (Å²) in [5.41, 5.74) is 0. The average Bonchev–Trinajstić information content (AvgIpc) is 2.54. The highest BCUT2D eigenvalue weighted by Gasteiger charge is 2.05. The van der Waals surface area contributed by atoms with Crippen molar-refractivity contribution in [3.8, 4) is 0 Å². The van der Waals surface area contributed by atoms with Crippen molar-refractivity contribution in [3.63, 3.8) is 0 Å². The van der Waals surface area contributed by atoms with Crippen molar-refractivity contribution in [1.29, 1.82) is 0 Å². The minimum absolute atomic E-state index is 0.0772. The van der Waals surface area contributed by atoms with Crippen LogP contribution < -0.4 is 5.32 Å². The van der Waals surface area contributed by atoms with Crippen LogP contribution in [0.5, 0.6) is 0 Å². The fourth-order valence-electron chi connectivity index (χ4n) is 2.17. The molecular weight excluding hydrogens is 306 g/mol. The summed E-state index contributed by atoms with van der Waals surface area (Å²) in [6.07, 6.45) is 7.92. The summed E-state index contributed by atoms with van der Waals surface area (Å²) in [5.74, 6) is 0.723. The Morgan fingerprint density at radius 1 is 0.917 bits per heavy atom. The van der Waals surface area contributed by atoms with Crippen molar-refractivity contribution in [2.75, 3.05) is 33.0 Å². The van der Waals surface area contributed by atoms with Gasteiger partial charge in [-0.1, -0.05) is 20.3 Å². The zero-order valence-electron chi connectivity index (χ0n) is 15.9. The molecule has 1 N–H and O–H groups in total. The molecule has 1 atom stereocenters. The van der Waals surface area contributed by atoms with Gasteiger partial charge in [-0.2, -0.15) is 0 Å². The van der Waals surface area contributed by atoms with Gasteiger partial charge in [-0.05, 0) is 51.4 Å². The van der Waals surface area contributed by atoms with Gasteiger partial charge >= 0.3 is 0 Å². The van der Waals surface area contributed by atoms with Crippen LogP contribution in [-0.4, -0.2) is 44.7 Å². The SMILES string of the molecule is CCC(C)CC(=O)NCCCCCOCCCCCOCC(C)=O. The number of unbranched alkanes of at least 4 members (excludes halogenated alkanes) is 4. The zero-order chi connectivity index (χ0) is 18.0. The molecule has 24 heavy (non-hydrogen) atoms. The molecule has 0 rings (SSSR count). The quantitative estimate of drug-likeness (QED) is 0.411. The van der Waals surface area contributed by atoms with Crippen LogP contribution in [-0.2, 0) is 19.1 Å². The van der Waals surface area contributed by atoms with Gasteiger partial charge in [-0.3, -0.25) is 9.59 Å². The van der Waals surface area contributed by atoms with E-state index in [4.69, 9.17) is 9.47 Å². The predicted molar refractivity (Wildman–Crippen MR) is 97.1 cm³/mol. The Kier molecular flexibility index (Phi) is 16.2. The highest BCUT2D eigenvalue weighted by molar-refractivity contribution is 5.76. The smallest absolute Gasteiger partial charge is 0.220 e. The molecule has 0 spiro atoms. The number of carbonyl (C=O) groups is 2. The van der Waals surface area contributed by atoms with Crippen molar-refractivity contribution in [2.45, 2.75) is 72.1 Å². The van der Waals surface area contributed by atoms with Crippen LogP contribution >= 0.6 is 0 Å². The number of amides is 1. The average molecular weight is 344 g/mol. The van der Waals surface area contributed by atoms with E-state index in [1.54, 1.807) is 0 Å². The van der Waals surface area contributed by atoms with Gasteiger partial charge in [0.05, 0.1) is 0 Å². The highest BCUT2D eigenvalue weighted by atomic mass is 16.5. The molecule has 0 aromatic heterocycles. The number of rotatable bonds is 17. The third kappa shape index (κ3) is 17.4. The molecule has 0 aliphatic carbocycles. The van der Waals surface area contributed by atoms with Crippen LogP contribution in [0, 0.1) is 5.92 Å². The van der Waals surface area contributed by atoms with Gasteiger partial charge in [0.2, 0.25) is 5.91 Å². The Morgan fingerprint density at radius 3 is 2.08 bits per heavy atom. The van der Waals surface area contributed by atoms with Crippen LogP contribution in [0.15, 0.2) is 0 Å². The molecule has 0 radical (unpaired) electrons. The van der Waals surface area contributed by atoms with Crippen molar-refractivity contribution in [2.24, 2.45) is 5.92 Å². The number of ketones is 1. The summed E-state index contributed by atoms with van der Waals surface area (Å²) >= 11 is 0. The Hall–Kier alpha value is -0.940. The minimum Gasteiger partial charge on any atom is -0.381 e. The molecule has 0 aromatic carbocycles. The molecule has 1 unspecified atom stereocenters. The second-order valence-electron chi connectivity index (χ2n) is 6.56. The van der Waals surface area contributed by atoms with Gasteiger partial charge in [0.15, 0.2) is 5.78 Å². The van der Waals surface area contributed by atoms with E-state index in [9.17, 15) is 9.59 Å². The predicted octanol–water partition coefficient (Wildman–Crippen LogP) is 3.50. The van der Waals surface area contributed by atoms with E-state index in [2.05, 4.69) is 19.2 Å². The molecule has 0 heterocycles. The summed E-state index contributed by atoms with van der Waals surface area (Å²) in [6.45, 7) is 9.00. The maximum Gasteiger partial charge on any atom is 0.220 e. The summed E-state index contributed by atoms with van der Waals surface area (Å²) in [7, 11) is 0. The van der Waals surface area contributed by atoms with Crippen molar-refractivity contribution in [3.05, 3.63) is 0 Å². The third-order valence-electron chi connectivity index (χ3n) is 3.90. The van der Waals surface area contributed by atoms with Gasteiger partial charge in [-0.25, -0.2) is 0 Å². The lowest BCUT2D eigenvalue weighted by atomic mass is 10.1. The van der Waals surface area contributed by atoms with Gasteiger partial charge in [0, 0.05) is 32.8 Å². The van der Waals surface area contributed by atoms with Crippen molar-refractivity contribution < 1.29 is 19.1 Å². The first-order chi connectivity index (χ1) is 11.6. The number of hydrogen-bond donors (Lipinski definition) is 1. The molecule has 0 saturated carbocycles. The first-order valence-corrected chi connectivity index (χ1v) is 9.47. The summed E-state index contributed by atoms with van der Waals surface area (Å²) in [6, 6.07) is 0. The molecule has 5 nitrogen and oxygen atoms in total. The van der Waals surface area contributed by atoms with E-state index in [0.29, 0.717) is 18.9 Å². The van der Waals surface area contributed by atoms with E-state index in [1.165, 1.54) is 6.92 Å². The summed E-state index contributed by atoms with van der Waals surface area (Å²) in [5, 5.41) is 2.98. The molecule has 142 valence electrons. The number of Topliss-reactive ketones (excluding diaryl/α,β-unsaturated/α-hetero) is 1. The molecule has 0 aromatic rings. The van der Waals surface area contributed by atoms with E-state index in [0.717, 1.165) is 64.7 Å². The third-order valence-corrected chi connectivity index (χ3v) is 3.90. The van der Waals surface area contributed by atoms with Crippen molar-refractivity contribution in [1.82, 2.24) is 5.32 Å². The standard InChI is InChI=1S/C19H37NO4/c1-4-17(2)15-19(22)20-11-7-5-8-12-23-13-9-6-10-14-24-16-18(3)21/h17H,4-16H2,1-3H3,(H,20,22). The number of ether oxygens (including phenoxy) is 2. The van der Waals surface area contributed by atoms with E-state index < -0.39 is 0 Å². The highest BCUT2D eigenvalue weighted by Crippen LogP contribution is 2.05. The molecule has 0 bridgehead atoms. The van der Waals surface area contributed by atoms with Crippen molar-refractivity contribution >= 4 is 11.7 Å². The fraction of sp³-hybridized carbons (Fsp3) is 0.895. The Morgan fingerprint density at radius 2 is 1.50 bits per heavy atom. The van der Waals surface area contributed by atoms with Gasteiger partial charge in [-0.15, -0.1) is 0 Å². The van der Waals surface area contributed by atoms with Crippen LogP contribution in [0.25, 0.3) is 0 Å². The van der Waals surface area contributed by atoms with Crippen LogP contribution in [0.2, 0.25) is 0 Å². The van der Waals surface area contributed by atoms with E-state index in [-0.39, 0.29) is 18.3 Å². The monoisotopic (exact) mass is 343 g/mol. The lowest BCUT2D eigenvalue weighted by molar-refractivity contribution is -0.122. The van der Waals surface area contributed by atoms with Gasteiger partial charge in [0.1, 0.15) is 6.61 Å². The molecule has 0 saturated heterocycles. The number of nitrogens with one attached hydrogen (secondary N) is 1. The topological polar surface area (TPSA) is 64.6 Å². The Labute approximate surface area is 147 Å². The number of hydrogen-bond acceptors (Lipinski definition) is 4.